The summed E-state index contributed by atoms with van der Waals surface area (Å²) in [7, 11) is 0. The summed E-state index contributed by atoms with van der Waals surface area (Å²) in [6.07, 6.45) is 1.77. The summed E-state index contributed by atoms with van der Waals surface area (Å²) in [5.74, 6) is 0.0470. The highest BCUT2D eigenvalue weighted by Gasteiger charge is 2.24. The minimum atomic E-state index is 0.0235. The van der Waals surface area contributed by atoms with Crippen molar-refractivity contribution in [1.82, 2.24) is 9.80 Å². The van der Waals surface area contributed by atoms with Gasteiger partial charge in [0.05, 0.1) is 0 Å². The van der Waals surface area contributed by atoms with Crippen LogP contribution in [0.3, 0.4) is 0 Å². The summed E-state index contributed by atoms with van der Waals surface area (Å²) in [4.78, 5) is 29.7. The maximum Gasteiger partial charge on any atom is 0.254 e. The first-order valence-corrected chi connectivity index (χ1v) is 10.5. The topological polar surface area (TPSA) is 40.6 Å². The Hall–Kier alpha value is -3.40. The van der Waals surface area contributed by atoms with E-state index in [1.807, 2.05) is 34.1 Å². The van der Waals surface area contributed by atoms with Crippen molar-refractivity contribution in [3.05, 3.63) is 106 Å². The van der Waals surface area contributed by atoms with Crippen LogP contribution in [-0.2, 0) is 25.9 Å². The van der Waals surface area contributed by atoms with Gasteiger partial charge in [-0.3, -0.25) is 9.59 Å². The lowest BCUT2D eigenvalue weighted by Crippen LogP contribution is -2.36. The van der Waals surface area contributed by atoms with Crippen molar-refractivity contribution in [1.29, 1.82) is 0 Å². The number of amides is 2. The first-order chi connectivity index (χ1) is 14.7. The van der Waals surface area contributed by atoms with Gasteiger partial charge in [0.15, 0.2) is 0 Å². The zero-order chi connectivity index (χ0) is 20.5. The fraction of sp³-hybridized carbons (Fsp3) is 0.231. The Morgan fingerprint density at radius 3 is 1.30 bits per heavy atom. The molecular formula is C26H24N2O2. The predicted octanol–water partition coefficient (Wildman–Crippen LogP) is 4.08. The fourth-order valence-electron chi connectivity index (χ4n) is 4.46. The van der Waals surface area contributed by atoms with E-state index < -0.39 is 0 Å². The molecule has 0 radical (unpaired) electrons. The van der Waals surface area contributed by atoms with Gasteiger partial charge < -0.3 is 9.80 Å². The second kappa shape index (κ2) is 7.79. The molecule has 0 saturated heterocycles. The number of hydrogen-bond acceptors (Lipinski definition) is 2. The summed E-state index contributed by atoms with van der Waals surface area (Å²) in [6, 6.07) is 23.7. The lowest BCUT2D eigenvalue weighted by Gasteiger charge is -2.29. The maximum atomic E-state index is 13.0. The minimum Gasteiger partial charge on any atom is -0.334 e. The van der Waals surface area contributed by atoms with E-state index in [4.69, 9.17) is 0 Å². The molecule has 3 aromatic rings. The predicted molar refractivity (Wildman–Crippen MR) is 116 cm³/mol. The lowest BCUT2D eigenvalue weighted by molar-refractivity contribution is 0.0723. The Labute approximate surface area is 176 Å². The molecule has 2 aliphatic rings. The Kier molecular flexibility index (Phi) is 4.83. The zero-order valence-electron chi connectivity index (χ0n) is 16.9. The molecule has 4 heteroatoms. The molecule has 0 saturated carbocycles. The lowest BCUT2D eigenvalue weighted by atomic mass is 9.98. The molecule has 0 N–H and O–H groups in total. The van der Waals surface area contributed by atoms with E-state index in [2.05, 4.69) is 24.3 Å². The van der Waals surface area contributed by atoms with Crippen molar-refractivity contribution in [2.24, 2.45) is 0 Å². The van der Waals surface area contributed by atoms with E-state index in [9.17, 15) is 9.59 Å². The van der Waals surface area contributed by atoms with E-state index in [0.717, 1.165) is 25.9 Å². The van der Waals surface area contributed by atoms with Crippen molar-refractivity contribution in [3.63, 3.8) is 0 Å². The van der Waals surface area contributed by atoms with E-state index in [0.29, 0.717) is 24.2 Å². The van der Waals surface area contributed by atoms with Crippen LogP contribution >= 0.6 is 0 Å². The number of fused-ring (bicyclic) bond motifs is 2. The number of hydrogen-bond donors (Lipinski definition) is 0. The van der Waals surface area contributed by atoms with Crippen molar-refractivity contribution < 1.29 is 9.59 Å². The number of nitrogens with zero attached hydrogens (tertiary/aromatic N) is 2. The molecule has 0 fully saturated rings. The second-order valence-electron chi connectivity index (χ2n) is 8.07. The van der Waals surface area contributed by atoms with Crippen LogP contribution in [0.5, 0.6) is 0 Å². The average Bonchev–Trinajstić information content (AvgIpc) is 2.82. The highest BCUT2D eigenvalue weighted by atomic mass is 16.2. The summed E-state index contributed by atoms with van der Waals surface area (Å²) >= 11 is 0. The summed E-state index contributed by atoms with van der Waals surface area (Å²) < 4.78 is 0. The highest BCUT2D eigenvalue weighted by molar-refractivity contribution is 5.98. The number of carbonyl (C=O) groups is 2. The molecule has 5 rings (SSSR count). The van der Waals surface area contributed by atoms with Crippen LogP contribution in [0.1, 0.15) is 43.0 Å². The Morgan fingerprint density at radius 2 is 0.900 bits per heavy atom. The van der Waals surface area contributed by atoms with Gasteiger partial charge in [0.2, 0.25) is 0 Å². The monoisotopic (exact) mass is 396 g/mol. The van der Waals surface area contributed by atoms with Gasteiger partial charge in [-0.15, -0.1) is 0 Å². The molecule has 0 bridgehead atoms. The van der Waals surface area contributed by atoms with Crippen LogP contribution in [0.2, 0.25) is 0 Å². The number of carbonyl (C=O) groups excluding carboxylic acids is 2. The Bertz CT molecular complexity index is 1020. The van der Waals surface area contributed by atoms with Gasteiger partial charge in [-0.25, -0.2) is 0 Å². The van der Waals surface area contributed by atoms with E-state index >= 15 is 0 Å². The third-order valence-corrected chi connectivity index (χ3v) is 6.21. The molecule has 4 nitrogen and oxygen atoms in total. The van der Waals surface area contributed by atoms with E-state index in [1.54, 1.807) is 24.3 Å². The molecule has 30 heavy (non-hydrogen) atoms. The van der Waals surface area contributed by atoms with Gasteiger partial charge >= 0.3 is 0 Å². The van der Waals surface area contributed by atoms with Crippen LogP contribution in [0.15, 0.2) is 72.8 Å². The number of rotatable bonds is 2. The zero-order valence-corrected chi connectivity index (χ0v) is 16.9. The normalized spacial score (nSPS) is 15.3. The molecule has 0 aliphatic carbocycles. The van der Waals surface area contributed by atoms with Crippen LogP contribution in [0.25, 0.3) is 0 Å². The van der Waals surface area contributed by atoms with Crippen molar-refractivity contribution >= 4 is 11.8 Å². The first-order valence-electron chi connectivity index (χ1n) is 10.5. The van der Waals surface area contributed by atoms with Crippen LogP contribution in [0.4, 0.5) is 0 Å². The summed E-state index contributed by atoms with van der Waals surface area (Å²) in [6.45, 7) is 2.74. The van der Waals surface area contributed by atoms with Crippen LogP contribution in [0, 0.1) is 0 Å². The Morgan fingerprint density at radius 1 is 0.533 bits per heavy atom. The van der Waals surface area contributed by atoms with Gasteiger partial charge in [0.25, 0.3) is 11.8 Å². The smallest absolute Gasteiger partial charge is 0.254 e. The van der Waals surface area contributed by atoms with Gasteiger partial charge in [-0.2, -0.15) is 0 Å². The largest absolute Gasteiger partial charge is 0.334 e. The van der Waals surface area contributed by atoms with Crippen LogP contribution < -0.4 is 0 Å². The second-order valence-corrected chi connectivity index (χ2v) is 8.07. The molecule has 2 aliphatic heterocycles. The van der Waals surface area contributed by atoms with Crippen LogP contribution in [-0.4, -0.2) is 34.7 Å². The van der Waals surface area contributed by atoms with Gasteiger partial charge in [-0.05, 0) is 59.4 Å². The van der Waals surface area contributed by atoms with E-state index in [-0.39, 0.29) is 11.8 Å². The third-order valence-electron chi connectivity index (χ3n) is 6.21. The Balaban J connectivity index is 1.28. The molecular weight excluding hydrogens is 372 g/mol. The van der Waals surface area contributed by atoms with Crippen molar-refractivity contribution in [2.75, 3.05) is 13.1 Å². The SMILES string of the molecule is O=C(c1ccc(C(=O)N2CCc3ccccc3C2)cc1)N1CCc2ccccc2C1. The number of benzene rings is 3. The molecule has 0 aromatic heterocycles. The molecule has 0 spiro atoms. The quantitative estimate of drug-likeness (QED) is 0.655. The first kappa shape index (κ1) is 18.6. The van der Waals surface area contributed by atoms with Crippen molar-refractivity contribution in [2.45, 2.75) is 25.9 Å². The van der Waals surface area contributed by atoms with E-state index in [1.165, 1.54) is 22.3 Å². The van der Waals surface area contributed by atoms with Gasteiger partial charge in [-0.1, -0.05) is 48.5 Å². The van der Waals surface area contributed by atoms with Gasteiger partial charge in [0.1, 0.15) is 0 Å². The molecule has 0 unspecified atom stereocenters. The highest BCUT2D eigenvalue weighted by Crippen LogP contribution is 2.22. The average molecular weight is 396 g/mol. The minimum absolute atomic E-state index is 0.0235. The molecule has 2 amide bonds. The molecule has 150 valence electrons. The van der Waals surface area contributed by atoms with Crippen molar-refractivity contribution in [3.8, 4) is 0 Å². The maximum absolute atomic E-state index is 13.0. The molecule has 0 atom stereocenters. The third kappa shape index (κ3) is 3.50. The standard InChI is InChI=1S/C26H24N2O2/c29-25(27-15-13-19-5-1-3-7-23(19)17-27)21-9-11-22(12-10-21)26(30)28-16-14-20-6-2-4-8-24(20)18-28/h1-12H,13-18H2. The molecule has 2 heterocycles. The summed E-state index contributed by atoms with van der Waals surface area (Å²) in [5, 5.41) is 0. The summed E-state index contributed by atoms with van der Waals surface area (Å²) in [5.41, 5.74) is 6.35. The molecule has 3 aromatic carbocycles. The fourth-order valence-corrected chi connectivity index (χ4v) is 4.46. The van der Waals surface area contributed by atoms with Gasteiger partial charge in [0, 0.05) is 37.3 Å².